The second-order valence-electron chi connectivity index (χ2n) is 6.19. The molecule has 0 aliphatic rings. The number of aryl methyl sites for hydroxylation is 1. The normalized spacial score (nSPS) is 10.6. The van der Waals surface area contributed by atoms with Gasteiger partial charge in [-0.25, -0.2) is 9.47 Å². The Labute approximate surface area is 176 Å². The van der Waals surface area contributed by atoms with Gasteiger partial charge in [-0.3, -0.25) is 10.1 Å². The summed E-state index contributed by atoms with van der Waals surface area (Å²) in [5.74, 6) is 5.86. The highest BCUT2D eigenvalue weighted by Gasteiger charge is 2.16. The first-order valence-corrected chi connectivity index (χ1v) is 9.98. The number of halogens is 1. The molecule has 3 amide bonds. The van der Waals surface area contributed by atoms with Gasteiger partial charge in [-0.15, -0.1) is 10.2 Å². The molecule has 0 saturated heterocycles. The lowest BCUT2D eigenvalue weighted by molar-refractivity contribution is -0.117. The molecular weight excluding hydrogens is 412 g/mol. The largest absolute Gasteiger partial charge is 0.335 e. The SMILES string of the molecule is Cc1cccc(NC(=O)NC(=O)CSc2nnc(-c3ccccc3Cl)n2N)c1C. The molecule has 150 valence electrons. The number of urea groups is 1. The Morgan fingerprint density at radius 3 is 2.66 bits per heavy atom. The van der Waals surface area contributed by atoms with Crippen LogP contribution in [0.15, 0.2) is 47.6 Å². The molecule has 1 heterocycles. The van der Waals surface area contributed by atoms with Crippen LogP contribution in [-0.4, -0.2) is 32.6 Å². The number of hydrogen-bond acceptors (Lipinski definition) is 6. The van der Waals surface area contributed by atoms with Gasteiger partial charge in [-0.2, -0.15) is 0 Å². The van der Waals surface area contributed by atoms with Gasteiger partial charge in [0.05, 0.1) is 10.8 Å². The Balaban J connectivity index is 1.58. The predicted molar refractivity (Wildman–Crippen MR) is 114 cm³/mol. The van der Waals surface area contributed by atoms with E-state index in [9.17, 15) is 9.59 Å². The zero-order valence-corrected chi connectivity index (χ0v) is 17.3. The number of benzene rings is 2. The highest BCUT2D eigenvalue weighted by molar-refractivity contribution is 7.99. The summed E-state index contributed by atoms with van der Waals surface area (Å²) in [4.78, 5) is 24.2. The quantitative estimate of drug-likeness (QED) is 0.422. The Morgan fingerprint density at radius 1 is 1.14 bits per heavy atom. The third-order valence-corrected chi connectivity index (χ3v) is 5.49. The van der Waals surface area contributed by atoms with Gasteiger partial charge >= 0.3 is 6.03 Å². The third-order valence-electron chi connectivity index (χ3n) is 4.22. The molecule has 4 N–H and O–H groups in total. The molecule has 0 unspecified atom stereocenters. The first kappa shape index (κ1) is 20.7. The van der Waals surface area contributed by atoms with Crippen molar-refractivity contribution in [1.29, 1.82) is 0 Å². The fraction of sp³-hybridized carbons (Fsp3) is 0.158. The number of carbonyl (C=O) groups is 2. The number of nitrogens with two attached hydrogens (primary N) is 1. The van der Waals surface area contributed by atoms with Crippen LogP contribution in [-0.2, 0) is 4.79 Å². The summed E-state index contributed by atoms with van der Waals surface area (Å²) in [6.45, 7) is 3.84. The number of hydrogen-bond donors (Lipinski definition) is 3. The van der Waals surface area contributed by atoms with E-state index in [1.54, 1.807) is 24.3 Å². The van der Waals surface area contributed by atoms with Crippen molar-refractivity contribution >= 4 is 41.0 Å². The van der Waals surface area contributed by atoms with Crippen LogP contribution in [0.1, 0.15) is 11.1 Å². The molecule has 0 aliphatic carbocycles. The average Bonchev–Trinajstić information content (AvgIpc) is 3.04. The molecule has 0 spiro atoms. The van der Waals surface area contributed by atoms with Crippen LogP contribution in [0.4, 0.5) is 10.5 Å². The van der Waals surface area contributed by atoms with Gasteiger partial charge in [0, 0.05) is 11.3 Å². The minimum absolute atomic E-state index is 0.0575. The van der Waals surface area contributed by atoms with E-state index in [0.717, 1.165) is 22.9 Å². The fourth-order valence-electron chi connectivity index (χ4n) is 2.53. The maximum atomic E-state index is 12.1. The molecule has 29 heavy (non-hydrogen) atoms. The van der Waals surface area contributed by atoms with Crippen molar-refractivity contribution in [2.24, 2.45) is 0 Å². The zero-order valence-electron chi connectivity index (χ0n) is 15.8. The van der Waals surface area contributed by atoms with E-state index in [2.05, 4.69) is 20.8 Å². The van der Waals surface area contributed by atoms with E-state index in [0.29, 0.717) is 27.3 Å². The number of amides is 3. The monoisotopic (exact) mass is 430 g/mol. The minimum atomic E-state index is -0.602. The lowest BCUT2D eigenvalue weighted by atomic mass is 10.1. The van der Waals surface area contributed by atoms with Crippen LogP contribution in [0.3, 0.4) is 0 Å². The molecule has 0 fully saturated rings. The van der Waals surface area contributed by atoms with Crippen molar-refractivity contribution in [1.82, 2.24) is 20.2 Å². The van der Waals surface area contributed by atoms with Crippen LogP contribution in [0.2, 0.25) is 5.02 Å². The second-order valence-corrected chi connectivity index (χ2v) is 7.54. The molecule has 8 nitrogen and oxygen atoms in total. The molecule has 0 radical (unpaired) electrons. The number of carbonyl (C=O) groups excluding carboxylic acids is 2. The number of anilines is 1. The van der Waals surface area contributed by atoms with E-state index in [4.69, 9.17) is 17.4 Å². The zero-order chi connectivity index (χ0) is 21.0. The van der Waals surface area contributed by atoms with Gasteiger partial charge in [0.2, 0.25) is 11.1 Å². The van der Waals surface area contributed by atoms with E-state index in [1.165, 1.54) is 4.68 Å². The van der Waals surface area contributed by atoms with Gasteiger partial charge in [0.15, 0.2) is 5.82 Å². The van der Waals surface area contributed by atoms with Crippen molar-refractivity contribution in [2.45, 2.75) is 19.0 Å². The number of rotatable bonds is 5. The van der Waals surface area contributed by atoms with Crippen LogP contribution in [0, 0.1) is 13.8 Å². The maximum Gasteiger partial charge on any atom is 0.325 e. The summed E-state index contributed by atoms with van der Waals surface area (Å²) >= 11 is 7.22. The molecule has 10 heteroatoms. The number of nitrogens with zero attached hydrogens (tertiary/aromatic N) is 3. The second kappa shape index (κ2) is 8.97. The maximum absolute atomic E-state index is 12.1. The Kier molecular flexibility index (Phi) is 6.40. The van der Waals surface area contributed by atoms with Crippen LogP contribution < -0.4 is 16.5 Å². The summed E-state index contributed by atoms with van der Waals surface area (Å²) < 4.78 is 1.26. The van der Waals surface area contributed by atoms with E-state index in [1.807, 2.05) is 32.0 Å². The summed E-state index contributed by atoms with van der Waals surface area (Å²) in [5.41, 5.74) is 3.26. The first-order valence-electron chi connectivity index (χ1n) is 8.62. The Hall–Kier alpha value is -3.04. The predicted octanol–water partition coefficient (Wildman–Crippen LogP) is 3.37. The molecule has 0 saturated carbocycles. The van der Waals surface area contributed by atoms with Crippen LogP contribution >= 0.6 is 23.4 Å². The molecule has 2 aromatic carbocycles. The van der Waals surface area contributed by atoms with Crippen molar-refractivity contribution in [3.63, 3.8) is 0 Å². The number of thioether (sulfide) groups is 1. The van der Waals surface area contributed by atoms with Crippen molar-refractivity contribution in [2.75, 3.05) is 16.9 Å². The number of nitrogens with one attached hydrogen (secondary N) is 2. The number of imide groups is 1. The van der Waals surface area contributed by atoms with E-state index < -0.39 is 11.9 Å². The molecule has 3 aromatic rings. The minimum Gasteiger partial charge on any atom is -0.335 e. The van der Waals surface area contributed by atoms with Crippen molar-refractivity contribution in [3.05, 3.63) is 58.6 Å². The Morgan fingerprint density at radius 2 is 1.90 bits per heavy atom. The number of aromatic nitrogens is 3. The van der Waals surface area contributed by atoms with Gasteiger partial charge in [0.25, 0.3) is 0 Å². The van der Waals surface area contributed by atoms with Gasteiger partial charge in [-0.05, 0) is 43.2 Å². The fourth-order valence-corrected chi connectivity index (χ4v) is 3.41. The Bertz CT molecular complexity index is 1070. The molecular formula is C19H19ClN6O2S. The van der Waals surface area contributed by atoms with Crippen LogP contribution in [0.25, 0.3) is 11.4 Å². The molecule has 0 bridgehead atoms. The standard InChI is InChI=1S/C19H19ClN6O2S/c1-11-6-5-9-15(12(11)2)22-18(28)23-16(27)10-29-19-25-24-17(26(19)21)13-7-3-4-8-14(13)20/h3-9H,10,21H2,1-2H3,(H2,22,23,27,28). The third kappa shape index (κ3) is 4.87. The molecule has 0 atom stereocenters. The average molecular weight is 431 g/mol. The molecule has 1 aromatic heterocycles. The van der Waals surface area contributed by atoms with Crippen molar-refractivity contribution < 1.29 is 9.59 Å². The summed E-state index contributed by atoms with van der Waals surface area (Å²) in [6.07, 6.45) is 0. The van der Waals surface area contributed by atoms with Crippen molar-refractivity contribution in [3.8, 4) is 11.4 Å². The van der Waals surface area contributed by atoms with Gasteiger partial charge in [-0.1, -0.05) is 47.6 Å². The van der Waals surface area contributed by atoms with E-state index in [-0.39, 0.29) is 5.75 Å². The highest BCUT2D eigenvalue weighted by atomic mass is 35.5. The lowest BCUT2D eigenvalue weighted by Crippen LogP contribution is -2.35. The molecule has 0 aliphatic heterocycles. The van der Waals surface area contributed by atoms with Gasteiger partial charge in [0.1, 0.15) is 0 Å². The summed E-state index contributed by atoms with van der Waals surface area (Å²) in [6, 6.07) is 12.1. The number of nitrogen functional groups attached to an aromatic ring is 1. The smallest absolute Gasteiger partial charge is 0.325 e. The summed E-state index contributed by atoms with van der Waals surface area (Å²) in [7, 11) is 0. The van der Waals surface area contributed by atoms with Crippen LogP contribution in [0.5, 0.6) is 0 Å². The summed E-state index contributed by atoms with van der Waals surface area (Å²) in [5, 5.41) is 13.8. The lowest BCUT2D eigenvalue weighted by Gasteiger charge is -2.10. The first-order chi connectivity index (χ1) is 13.9. The topological polar surface area (TPSA) is 115 Å². The van der Waals surface area contributed by atoms with Gasteiger partial charge < -0.3 is 11.2 Å². The highest BCUT2D eigenvalue weighted by Crippen LogP contribution is 2.27. The molecule has 3 rings (SSSR count). The van der Waals surface area contributed by atoms with E-state index >= 15 is 0 Å².